The first kappa shape index (κ1) is 16.4. The molecule has 0 fully saturated rings. The van der Waals surface area contributed by atoms with Gasteiger partial charge in [-0.15, -0.1) is 0 Å². The predicted octanol–water partition coefficient (Wildman–Crippen LogP) is 4.44. The average Bonchev–Trinajstić information content (AvgIpc) is 2.43. The Morgan fingerprint density at radius 3 is 2.40 bits per heavy atom. The Balaban J connectivity index is 2.81. The molecule has 0 radical (unpaired) electrons. The number of ether oxygens (including phenoxy) is 2. The summed E-state index contributed by atoms with van der Waals surface area (Å²) in [5.74, 6) is -2.82. The summed E-state index contributed by atoms with van der Waals surface area (Å²) < 4.78 is 50.7. The molecule has 1 aromatic carbocycles. The maximum Gasteiger partial charge on any atom is 0.204 e. The highest BCUT2D eigenvalue weighted by Gasteiger charge is 2.17. The molecule has 2 nitrogen and oxygen atoms in total. The second-order valence-electron chi connectivity index (χ2n) is 4.36. The van der Waals surface area contributed by atoms with Gasteiger partial charge in [0.05, 0.1) is 0 Å². The molecule has 0 N–H and O–H groups in total. The van der Waals surface area contributed by atoms with E-state index in [2.05, 4.69) is 0 Å². The number of alkyl halides is 1. The Morgan fingerprint density at radius 2 is 1.80 bits per heavy atom. The van der Waals surface area contributed by atoms with E-state index in [1.165, 1.54) is 12.1 Å². The van der Waals surface area contributed by atoms with E-state index in [4.69, 9.17) is 9.47 Å². The predicted molar refractivity (Wildman–Crippen MR) is 71.9 cm³/mol. The van der Waals surface area contributed by atoms with Gasteiger partial charge in [0.25, 0.3) is 0 Å². The molecule has 2 unspecified atom stereocenters. The van der Waals surface area contributed by atoms with E-state index in [1.54, 1.807) is 32.9 Å². The second kappa shape index (κ2) is 7.82. The first-order chi connectivity index (χ1) is 9.49. The number of rotatable bonds is 7. The van der Waals surface area contributed by atoms with E-state index in [9.17, 15) is 13.2 Å². The maximum absolute atomic E-state index is 13.8. The van der Waals surface area contributed by atoms with Crippen molar-refractivity contribution in [2.45, 2.75) is 39.5 Å². The van der Waals surface area contributed by atoms with Gasteiger partial charge in [-0.3, -0.25) is 0 Å². The van der Waals surface area contributed by atoms with Crippen LogP contribution in [0.1, 0.15) is 27.2 Å². The van der Waals surface area contributed by atoms with Gasteiger partial charge in [-0.1, -0.05) is 13.0 Å². The monoisotopic (exact) mass is 288 g/mol. The standard InChI is InChI=1S/C15H19F3O2/c1-4-6-10(3)20-13-8-7-12(14(17)15(13)18)19-9-11(16)5-2/h4,6-8,10-11H,5,9H2,1-3H3/b6-4+. The number of hydrogen-bond acceptors (Lipinski definition) is 2. The molecule has 0 saturated carbocycles. The topological polar surface area (TPSA) is 18.5 Å². The van der Waals surface area contributed by atoms with Crippen LogP contribution >= 0.6 is 0 Å². The number of halogens is 3. The highest BCUT2D eigenvalue weighted by Crippen LogP contribution is 2.28. The van der Waals surface area contributed by atoms with Crippen molar-refractivity contribution in [2.24, 2.45) is 0 Å². The molecular formula is C15H19F3O2. The second-order valence-corrected chi connectivity index (χ2v) is 4.36. The molecule has 2 atom stereocenters. The summed E-state index contributed by atoms with van der Waals surface area (Å²) in [6, 6.07) is 2.51. The Hall–Kier alpha value is -1.65. The Kier molecular flexibility index (Phi) is 6.42. The molecule has 0 aliphatic carbocycles. The third-order valence-electron chi connectivity index (χ3n) is 2.65. The fourth-order valence-corrected chi connectivity index (χ4v) is 1.53. The zero-order chi connectivity index (χ0) is 15.1. The van der Waals surface area contributed by atoms with Gasteiger partial charge in [0.15, 0.2) is 11.5 Å². The molecule has 0 aliphatic heterocycles. The molecule has 0 heterocycles. The van der Waals surface area contributed by atoms with Crippen molar-refractivity contribution >= 4 is 0 Å². The maximum atomic E-state index is 13.8. The van der Waals surface area contributed by atoms with Gasteiger partial charge in [-0.25, -0.2) is 4.39 Å². The minimum absolute atomic E-state index is 0.201. The van der Waals surface area contributed by atoms with Crippen LogP contribution in [0.5, 0.6) is 11.5 Å². The van der Waals surface area contributed by atoms with Crippen molar-refractivity contribution in [3.05, 3.63) is 35.9 Å². The molecule has 0 aliphatic rings. The van der Waals surface area contributed by atoms with Crippen LogP contribution in [0, 0.1) is 11.6 Å². The van der Waals surface area contributed by atoms with Gasteiger partial charge in [0, 0.05) is 0 Å². The molecule has 0 bridgehead atoms. The van der Waals surface area contributed by atoms with E-state index in [0.717, 1.165) is 0 Å². The first-order valence-electron chi connectivity index (χ1n) is 6.53. The summed E-state index contributed by atoms with van der Waals surface area (Å²) in [7, 11) is 0. The average molecular weight is 288 g/mol. The van der Waals surface area contributed by atoms with Crippen LogP contribution in [-0.4, -0.2) is 18.9 Å². The summed E-state index contributed by atoms with van der Waals surface area (Å²) >= 11 is 0. The molecule has 0 spiro atoms. The van der Waals surface area contributed by atoms with Crippen LogP contribution in [0.2, 0.25) is 0 Å². The van der Waals surface area contributed by atoms with Crippen LogP contribution in [0.3, 0.4) is 0 Å². The summed E-state index contributed by atoms with van der Waals surface area (Å²) in [6.07, 6.45) is 2.13. The lowest BCUT2D eigenvalue weighted by molar-refractivity contribution is 0.183. The summed E-state index contributed by atoms with van der Waals surface area (Å²) in [5, 5.41) is 0. The lowest BCUT2D eigenvalue weighted by Crippen LogP contribution is -2.13. The molecule has 0 amide bonds. The quantitative estimate of drug-likeness (QED) is 0.691. The van der Waals surface area contributed by atoms with Gasteiger partial charge >= 0.3 is 0 Å². The van der Waals surface area contributed by atoms with Crippen molar-refractivity contribution in [3.8, 4) is 11.5 Å². The minimum atomic E-state index is -1.21. The largest absolute Gasteiger partial charge is 0.487 e. The lowest BCUT2D eigenvalue weighted by Gasteiger charge is -2.14. The minimum Gasteiger partial charge on any atom is -0.487 e. The van der Waals surface area contributed by atoms with Gasteiger partial charge in [0.2, 0.25) is 11.6 Å². The lowest BCUT2D eigenvalue weighted by atomic mass is 10.2. The van der Waals surface area contributed by atoms with Crippen molar-refractivity contribution in [1.29, 1.82) is 0 Å². The third-order valence-corrected chi connectivity index (χ3v) is 2.65. The highest BCUT2D eigenvalue weighted by molar-refractivity contribution is 5.35. The van der Waals surface area contributed by atoms with Crippen LogP contribution in [0.15, 0.2) is 24.3 Å². The zero-order valence-corrected chi connectivity index (χ0v) is 11.8. The molecular weight excluding hydrogens is 269 g/mol. The normalized spacial score (nSPS) is 14.3. The van der Waals surface area contributed by atoms with E-state index >= 15 is 0 Å². The van der Waals surface area contributed by atoms with Gasteiger partial charge < -0.3 is 9.47 Å². The molecule has 1 aromatic rings. The van der Waals surface area contributed by atoms with Crippen molar-refractivity contribution < 1.29 is 22.6 Å². The zero-order valence-electron chi connectivity index (χ0n) is 11.8. The number of hydrogen-bond donors (Lipinski definition) is 0. The fraction of sp³-hybridized carbons (Fsp3) is 0.467. The van der Waals surface area contributed by atoms with Crippen LogP contribution < -0.4 is 9.47 Å². The molecule has 1 rings (SSSR count). The van der Waals surface area contributed by atoms with E-state index in [1.807, 2.05) is 0 Å². The Bertz CT molecular complexity index is 461. The molecule has 112 valence electrons. The van der Waals surface area contributed by atoms with Gasteiger partial charge in [0.1, 0.15) is 18.9 Å². The van der Waals surface area contributed by atoms with Crippen LogP contribution in [-0.2, 0) is 0 Å². The smallest absolute Gasteiger partial charge is 0.204 e. The number of allylic oxidation sites excluding steroid dienone is 1. The molecule has 5 heteroatoms. The summed E-state index contributed by atoms with van der Waals surface area (Å²) in [5.41, 5.74) is 0. The molecule has 20 heavy (non-hydrogen) atoms. The first-order valence-corrected chi connectivity index (χ1v) is 6.53. The SMILES string of the molecule is C/C=C/C(C)Oc1ccc(OCC(F)CC)c(F)c1F. The molecule has 0 aromatic heterocycles. The summed E-state index contributed by atoms with van der Waals surface area (Å²) in [6.45, 7) is 4.85. The van der Waals surface area contributed by atoms with Crippen molar-refractivity contribution in [2.75, 3.05) is 6.61 Å². The van der Waals surface area contributed by atoms with Crippen LogP contribution in [0.4, 0.5) is 13.2 Å². The summed E-state index contributed by atoms with van der Waals surface area (Å²) in [4.78, 5) is 0. The van der Waals surface area contributed by atoms with Crippen molar-refractivity contribution in [1.82, 2.24) is 0 Å². The van der Waals surface area contributed by atoms with E-state index in [-0.39, 0.29) is 30.6 Å². The highest BCUT2D eigenvalue weighted by atomic mass is 19.2. The fourth-order valence-electron chi connectivity index (χ4n) is 1.53. The van der Waals surface area contributed by atoms with Crippen molar-refractivity contribution in [3.63, 3.8) is 0 Å². The Labute approximate surface area is 117 Å². The van der Waals surface area contributed by atoms with E-state index in [0.29, 0.717) is 0 Å². The van der Waals surface area contributed by atoms with Gasteiger partial charge in [-0.05, 0) is 38.5 Å². The Morgan fingerprint density at radius 1 is 1.20 bits per heavy atom. The molecule has 0 saturated heterocycles. The van der Waals surface area contributed by atoms with E-state index < -0.39 is 17.8 Å². The van der Waals surface area contributed by atoms with Crippen LogP contribution in [0.25, 0.3) is 0 Å². The third kappa shape index (κ3) is 4.47. The number of benzene rings is 1. The van der Waals surface area contributed by atoms with Gasteiger partial charge in [-0.2, -0.15) is 8.78 Å².